The zero-order chi connectivity index (χ0) is 11.5. The molecule has 0 aliphatic carbocycles. The number of nitrogens with zero attached hydrogens (tertiary/aromatic N) is 1. The van der Waals surface area contributed by atoms with Crippen molar-refractivity contribution in [3.05, 3.63) is 42.0 Å². The summed E-state index contributed by atoms with van der Waals surface area (Å²) in [7, 11) is 0. The average Bonchev–Trinajstić information content (AvgIpc) is 2.75. The largest absolute Gasteiger partial charge is 0.459 e. The van der Waals surface area contributed by atoms with E-state index in [-0.39, 0.29) is 11.7 Å². The molecule has 0 saturated heterocycles. The van der Waals surface area contributed by atoms with E-state index in [1.165, 1.54) is 12.5 Å². The van der Waals surface area contributed by atoms with Crippen LogP contribution in [0.2, 0.25) is 0 Å². The highest BCUT2D eigenvalue weighted by Crippen LogP contribution is 2.15. The summed E-state index contributed by atoms with van der Waals surface area (Å²) >= 11 is 0. The summed E-state index contributed by atoms with van der Waals surface area (Å²) in [6.45, 7) is 1.82. The molecule has 0 unspecified atom stereocenters. The molecule has 0 aliphatic rings. The van der Waals surface area contributed by atoms with E-state index < -0.39 is 0 Å². The van der Waals surface area contributed by atoms with Crippen LogP contribution in [0.3, 0.4) is 0 Å². The van der Waals surface area contributed by atoms with Crippen molar-refractivity contribution >= 4 is 17.4 Å². The lowest BCUT2D eigenvalue weighted by atomic mass is 10.2. The van der Waals surface area contributed by atoms with Gasteiger partial charge in [0.25, 0.3) is 5.91 Å². The fraction of sp³-hybridized carbons (Fsp3) is 0.0909. The molecule has 16 heavy (non-hydrogen) atoms. The van der Waals surface area contributed by atoms with E-state index in [1.54, 1.807) is 18.2 Å². The highest BCUT2D eigenvalue weighted by molar-refractivity contribution is 6.02. The van der Waals surface area contributed by atoms with Crippen LogP contribution in [-0.2, 0) is 0 Å². The molecular formula is C11H11N3O2. The number of anilines is 2. The Labute approximate surface area is 92.3 Å². The Morgan fingerprint density at radius 3 is 3.00 bits per heavy atom. The van der Waals surface area contributed by atoms with E-state index in [4.69, 9.17) is 10.2 Å². The lowest BCUT2D eigenvalue weighted by Crippen LogP contribution is -2.13. The Morgan fingerprint density at radius 2 is 2.38 bits per heavy atom. The van der Waals surface area contributed by atoms with Gasteiger partial charge in [0.05, 0.1) is 18.1 Å². The monoisotopic (exact) mass is 217 g/mol. The summed E-state index contributed by atoms with van der Waals surface area (Å²) in [4.78, 5) is 15.7. The van der Waals surface area contributed by atoms with Gasteiger partial charge in [-0.25, -0.2) is 4.98 Å². The lowest BCUT2D eigenvalue weighted by molar-refractivity contribution is 0.0996. The molecule has 3 N–H and O–H groups in total. The summed E-state index contributed by atoms with van der Waals surface area (Å²) < 4.78 is 4.97. The molecule has 0 aromatic carbocycles. The van der Waals surface area contributed by atoms with Crippen LogP contribution in [0.15, 0.2) is 35.1 Å². The lowest BCUT2D eigenvalue weighted by Gasteiger charge is -2.06. The van der Waals surface area contributed by atoms with Gasteiger partial charge in [-0.1, -0.05) is 0 Å². The standard InChI is InChI=1S/C11H11N3O2/c1-7-5-8(12)6-13-10(7)14-11(15)9-3-2-4-16-9/h2-6H,12H2,1H3,(H,13,14,15). The van der Waals surface area contributed by atoms with E-state index in [9.17, 15) is 4.79 Å². The molecule has 0 aliphatic heterocycles. The highest BCUT2D eigenvalue weighted by Gasteiger charge is 2.10. The van der Waals surface area contributed by atoms with Gasteiger partial charge in [-0.2, -0.15) is 0 Å². The number of aromatic nitrogens is 1. The third kappa shape index (κ3) is 2.03. The molecule has 5 nitrogen and oxygen atoms in total. The molecule has 0 radical (unpaired) electrons. The number of nitrogens with one attached hydrogen (secondary N) is 1. The highest BCUT2D eigenvalue weighted by atomic mass is 16.3. The van der Waals surface area contributed by atoms with Crippen molar-refractivity contribution in [2.45, 2.75) is 6.92 Å². The van der Waals surface area contributed by atoms with Gasteiger partial charge in [-0.05, 0) is 30.7 Å². The number of rotatable bonds is 2. The normalized spacial score (nSPS) is 10.1. The van der Waals surface area contributed by atoms with Gasteiger partial charge in [-0.15, -0.1) is 0 Å². The maximum Gasteiger partial charge on any atom is 0.292 e. The fourth-order valence-corrected chi connectivity index (χ4v) is 1.30. The van der Waals surface area contributed by atoms with Gasteiger partial charge in [0.1, 0.15) is 5.82 Å². The zero-order valence-electron chi connectivity index (χ0n) is 8.73. The molecule has 2 heterocycles. The average molecular weight is 217 g/mol. The second kappa shape index (κ2) is 4.06. The SMILES string of the molecule is Cc1cc(N)cnc1NC(=O)c1ccco1. The summed E-state index contributed by atoms with van der Waals surface area (Å²) in [5.74, 6) is 0.402. The molecule has 0 spiro atoms. The summed E-state index contributed by atoms with van der Waals surface area (Å²) in [5.41, 5.74) is 6.93. The predicted molar refractivity (Wildman–Crippen MR) is 60.0 cm³/mol. The quantitative estimate of drug-likeness (QED) is 0.803. The van der Waals surface area contributed by atoms with Gasteiger partial charge >= 0.3 is 0 Å². The van der Waals surface area contributed by atoms with Crippen LogP contribution in [0.5, 0.6) is 0 Å². The first-order valence-corrected chi connectivity index (χ1v) is 4.74. The number of nitrogen functional groups attached to an aromatic ring is 1. The van der Waals surface area contributed by atoms with E-state index >= 15 is 0 Å². The van der Waals surface area contributed by atoms with Crippen molar-refractivity contribution in [1.29, 1.82) is 0 Å². The van der Waals surface area contributed by atoms with Crippen LogP contribution in [0.1, 0.15) is 16.1 Å². The molecule has 1 amide bonds. The Morgan fingerprint density at radius 1 is 1.56 bits per heavy atom. The third-order valence-corrected chi connectivity index (χ3v) is 2.08. The number of furan rings is 1. The Bertz CT molecular complexity index is 506. The molecule has 2 rings (SSSR count). The third-order valence-electron chi connectivity index (χ3n) is 2.08. The van der Waals surface area contributed by atoms with E-state index in [2.05, 4.69) is 10.3 Å². The van der Waals surface area contributed by atoms with E-state index in [0.717, 1.165) is 5.56 Å². The number of carbonyl (C=O) groups is 1. The first-order chi connectivity index (χ1) is 7.66. The smallest absolute Gasteiger partial charge is 0.292 e. The summed E-state index contributed by atoms with van der Waals surface area (Å²) in [6, 6.07) is 4.98. The number of pyridine rings is 1. The van der Waals surface area contributed by atoms with Gasteiger partial charge in [-0.3, -0.25) is 4.79 Å². The maximum atomic E-state index is 11.6. The number of hydrogen-bond donors (Lipinski definition) is 2. The maximum absolute atomic E-state index is 11.6. The van der Waals surface area contributed by atoms with Gasteiger partial charge < -0.3 is 15.5 Å². The minimum Gasteiger partial charge on any atom is -0.459 e. The molecular weight excluding hydrogens is 206 g/mol. The first kappa shape index (κ1) is 10.2. The van der Waals surface area contributed by atoms with Crippen molar-refractivity contribution in [3.63, 3.8) is 0 Å². The number of amides is 1. The molecule has 2 aromatic rings. The number of hydrogen-bond acceptors (Lipinski definition) is 4. The van der Waals surface area contributed by atoms with E-state index in [0.29, 0.717) is 11.5 Å². The van der Waals surface area contributed by atoms with Crippen molar-refractivity contribution in [2.24, 2.45) is 0 Å². The number of aryl methyl sites for hydroxylation is 1. The Kier molecular flexibility index (Phi) is 2.59. The molecule has 0 atom stereocenters. The minimum absolute atomic E-state index is 0.248. The van der Waals surface area contributed by atoms with Crippen molar-refractivity contribution in [2.75, 3.05) is 11.1 Å². The predicted octanol–water partition coefficient (Wildman–Crippen LogP) is 1.82. The topological polar surface area (TPSA) is 81.1 Å². The molecule has 82 valence electrons. The zero-order valence-corrected chi connectivity index (χ0v) is 8.73. The van der Waals surface area contributed by atoms with Crippen molar-refractivity contribution in [3.8, 4) is 0 Å². The van der Waals surface area contributed by atoms with Crippen LogP contribution in [-0.4, -0.2) is 10.9 Å². The first-order valence-electron chi connectivity index (χ1n) is 4.74. The van der Waals surface area contributed by atoms with Crippen molar-refractivity contribution < 1.29 is 9.21 Å². The molecule has 2 aromatic heterocycles. The second-order valence-electron chi connectivity index (χ2n) is 3.37. The van der Waals surface area contributed by atoms with Crippen molar-refractivity contribution in [1.82, 2.24) is 4.98 Å². The minimum atomic E-state index is -0.328. The van der Waals surface area contributed by atoms with Crippen LogP contribution in [0.4, 0.5) is 11.5 Å². The molecule has 5 heteroatoms. The van der Waals surface area contributed by atoms with Crippen LogP contribution < -0.4 is 11.1 Å². The Hall–Kier alpha value is -2.30. The fourth-order valence-electron chi connectivity index (χ4n) is 1.30. The van der Waals surface area contributed by atoms with Crippen LogP contribution in [0.25, 0.3) is 0 Å². The molecule has 0 bridgehead atoms. The van der Waals surface area contributed by atoms with Crippen LogP contribution in [0, 0.1) is 6.92 Å². The van der Waals surface area contributed by atoms with Gasteiger partial charge in [0.15, 0.2) is 5.76 Å². The molecule has 0 fully saturated rings. The number of carbonyl (C=O) groups excluding carboxylic acids is 1. The molecule has 0 saturated carbocycles. The number of nitrogens with two attached hydrogens (primary N) is 1. The van der Waals surface area contributed by atoms with Crippen LogP contribution >= 0.6 is 0 Å². The Balaban J connectivity index is 2.18. The van der Waals surface area contributed by atoms with Gasteiger partial charge in [0, 0.05) is 0 Å². The van der Waals surface area contributed by atoms with Gasteiger partial charge in [0.2, 0.25) is 0 Å². The summed E-state index contributed by atoms with van der Waals surface area (Å²) in [5, 5.41) is 2.64. The summed E-state index contributed by atoms with van der Waals surface area (Å²) in [6.07, 6.45) is 2.93. The second-order valence-corrected chi connectivity index (χ2v) is 3.37. The van der Waals surface area contributed by atoms with E-state index in [1.807, 2.05) is 6.92 Å².